The lowest BCUT2D eigenvalue weighted by Crippen LogP contribution is -2.27. The third-order valence-electron chi connectivity index (χ3n) is 4.91. The Morgan fingerprint density at radius 1 is 1.03 bits per heavy atom. The molecule has 0 atom stereocenters. The van der Waals surface area contributed by atoms with Crippen LogP contribution in [0.5, 0.6) is 17.2 Å². The van der Waals surface area contributed by atoms with Crippen LogP contribution in [0.15, 0.2) is 66.7 Å². The van der Waals surface area contributed by atoms with E-state index in [9.17, 15) is 18.8 Å². The average Bonchev–Trinajstić information content (AvgIpc) is 3.13. The second-order valence-electron chi connectivity index (χ2n) is 7.28. The minimum absolute atomic E-state index is 0.0290. The standard InChI is InChI=1S/C24H20FN3O5/c1-32-21-11-2-15(13-28-14-22(29)27-24(28)31)12-20(21)23(30)26-17-5-9-19(10-6-17)33-18-7-3-16(25)4-8-18/h2-12H,13-14H2,1H3,(H,26,30)(H,27,29,31). The number of hydrogen-bond donors (Lipinski definition) is 2. The van der Waals surface area contributed by atoms with Gasteiger partial charge in [-0.05, 0) is 66.2 Å². The predicted molar refractivity (Wildman–Crippen MR) is 118 cm³/mol. The summed E-state index contributed by atoms with van der Waals surface area (Å²) in [4.78, 5) is 37.4. The second-order valence-corrected chi connectivity index (χ2v) is 7.28. The van der Waals surface area contributed by atoms with E-state index in [2.05, 4.69) is 10.6 Å². The second kappa shape index (κ2) is 9.39. The van der Waals surface area contributed by atoms with Gasteiger partial charge in [0.1, 0.15) is 29.6 Å². The molecular formula is C24H20FN3O5. The summed E-state index contributed by atoms with van der Waals surface area (Å²) in [5, 5.41) is 5.02. The molecule has 0 unspecified atom stereocenters. The minimum atomic E-state index is -0.468. The van der Waals surface area contributed by atoms with Crippen LogP contribution in [-0.4, -0.2) is 36.4 Å². The van der Waals surface area contributed by atoms with Crippen molar-refractivity contribution in [1.82, 2.24) is 10.2 Å². The fourth-order valence-electron chi connectivity index (χ4n) is 3.31. The summed E-state index contributed by atoms with van der Waals surface area (Å²) >= 11 is 0. The molecule has 3 aromatic rings. The van der Waals surface area contributed by atoms with Crippen LogP contribution in [0.2, 0.25) is 0 Å². The van der Waals surface area contributed by atoms with Gasteiger partial charge in [-0.3, -0.25) is 14.9 Å². The number of methoxy groups -OCH3 is 1. The van der Waals surface area contributed by atoms with E-state index in [0.29, 0.717) is 28.5 Å². The van der Waals surface area contributed by atoms with Crippen molar-refractivity contribution in [3.8, 4) is 17.2 Å². The van der Waals surface area contributed by atoms with Crippen molar-refractivity contribution in [2.45, 2.75) is 6.54 Å². The van der Waals surface area contributed by atoms with Crippen LogP contribution >= 0.6 is 0 Å². The Labute approximate surface area is 188 Å². The first-order valence-electron chi connectivity index (χ1n) is 10.0. The molecule has 0 bridgehead atoms. The SMILES string of the molecule is COc1ccc(CN2CC(=O)NC2=O)cc1C(=O)Nc1ccc(Oc2ccc(F)cc2)cc1. The van der Waals surface area contributed by atoms with Crippen molar-refractivity contribution in [3.63, 3.8) is 0 Å². The lowest BCUT2D eigenvalue weighted by Gasteiger charge is -2.15. The third-order valence-corrected chi connectivity index (χ3v) is 4.91. The lowest BCUT2D eigenvalue weighted by atomic mass is 10.1. The summed E-state index contributed by atoms with van der Waals surface area (Å²) in [6.45, 7) is 0.149. The number of halogens is 1. The van der Waals surface area contributed by atoms with Gasteiger partial charge in [-0.15, -0.1) is 0 Å². The zero-order valence-electron chi connectivity index (χ0n) is 17.6. The molecule has 1 saturated heterocycles. The van der Waals surface area contributed by atoms with Gasteiger partial charge in [-0.1, -0.05) is 6.07 Å². The largest absolute Gasteiger partial charge is 0.496 e. The monoisotopic (exact) mass is 449 g/mol. The van der Waals surface area contributed by atoms with Gasteiger partial charge in [-0.2, -0.15) is 0 Å². The van der Waals surface area contributed by atoms with E-state index >= 15 is 0 Å². The highest BCUT2D eigenvalue weighted by atomic mass is 19.1. The maximum absolute atomic E-state index is 13.0. The lowest BCUT2D eigenvalue weighted by molar-refractivity contribution is -0.118. The summed E-state index contributed by atoms with van der Waals surface area (Å²) in [7, 11) is 1.46. The van der Waals surface area contributed by atoms with Gasteiger partial charge in [-0.25, -0.2) is 9.18 Å². The number of benzene rings is 3. The molecule has 0 saturated carbocycles. The Bertz CT molecular complexity index is 1200. The zero-order valence-corrected chi connectivity index (χ0v) is 17.6. The van der Waals surface area contributed by atoms with Crippen LogP contribution in [0, 0.1) is 5.82 Å². The zero-order chi connectivity index (χ0) is 23.4. The molecular weight excluding hydrogens is 429 g/mol. The normalized spacial score (nSPS) is 13.0. The van der Waals surface area contributed by atoms with Crippen LogP contribution in [0.1, 0.15) is 15.9 Å². The molecule has 168 valence electrons. The number of anilines is 1. The number of carbonyl (C=O) groups is 3. The van der Waals surface area contributed by atoms with Gasteiger partial charge in [0.05, 0.1) is 12.7 Å². The maximum atomic E-state index is 13.0. The van der Waals surface area contributed by atoms with E-state index in [-0.39, 0.29) is 30.4 Å². The van der Waals surface area contributed by atoms with Crippen molar-refractivity contribution < 1.29 is 28.2 Å². The van der Waals surface area contributed by atoms with Crippen LogP contribution in [0.25, 0.3) is 0 Å². The number of nitrogens with zero attached hydrogens (tertiary/aromatic N) is 1. The quantitative estimate of drug-likeness (QED) is 0.533. The highest BCUT2D eigenvalue weighted by molar-refractivity contribution is 6.06. The first kappa shape index (κ1) is 21.8. The Balaban J connectivity index is 1.45. The van der Waals surface area contributed by atoms with Crippen LogP contribution in [0.3, 0.4) is 0 Å². The molecule has 1 heterocycles. The molecule has 0 radical (unpaired) electrons. The van der Waals surface area contributed by atoms with E-state index in [0.717, 1.165) is 0 Å². The first-order valence-corrected chi connectivity index (χ1v) is 10.0. The maximum Gasteiger partial charge on any atom is 0.324 e. The molecule has 2 N–H and O–H groups in total. The number of nitrogens with one attached hydrogen (secondary N) is 2. The van der Waals surface area contributed by atoms with Crippen molar-refractivity contribution in [1.29, 1.82) is 0 Å². The van der Waals surface area contributed by atoms with Crippen LogP contribution in [0.4, 0.5) is 14.9 Å². The van der Waals surface area contributed by atoms with E-state index in [1.54, 1.807) is 42.5 Å². The molecule has 0 aliphatic carbocycles. The van der Waals surface area contributed by atoms with Gasteiger partial charge in [0, 0.05) is 12.2 Å². The Morgan fingerprint density at radius 3 is 2.30 bits per heavy atom. The summed E-state index contributed by atoms with van der Waals surface area (Å²) in [6, 6.07) is 16.9. The van der Waals surface area contributed by atoms with Gasteiger partial charge in [0.25, 0.3) is 5.91 Å². The third kappa shape index (κ3) is 5.27. The highest BCUT2D eigenvalue weighted by Crippen LogP contribution is 2.25. The average molecular weight is 449 g/mol. The topological polar surface area (TPSA) is 97.0 Å². The summed E-state index contributed by atoms with van der Waals surface area (Å²) in [6.07, 6.45) is 0. The molecule has 4 amide bonds. The van der Waals surface area contributed by atoms with E-state index in [1.807, 2.05) is 0 Å². The smallest absolute Gasteiger partial charge is 0.324 e. The molecule has 33 heavy (non-hydrogen) atoms. The molecule has 0 aromatic heterocycles. The summed E-state index contributed by atoms with van der Waals surface area (Å²) in [5.41, 5.74) is 1.49. The van der Waals surface area contributed by atoms with Gasteiger partial charge >= 0.3 is 6.03 Å². The molecule has 8 nitrogen and oxygen atoms in total. The number of carbonyl (C=O) groups excluding carboxylic acids is 3. The van der Waals surface area contributed by atoms with Crippen molar-refractivity contribution in [2.24, 2.45) is 0 Å². The number of hydrogen-bond acceptors (Lipinski definition) is 5. The molecule has 9 heteroatoms. The molecule has 4 rings (SSSR count). The summed E-state index contributed by atoms with van der Waals surface area (Å²) < 4.78 is 24.0. The Morgan fingerprint density at radius 2 is 1.70 bits per heavy atom. The number of urea groups is 1. The van der Waals surface area contributed by atoms with Gasteiger partial charge in [0.15, 0.2) is 0 Å². The number of rotatable bonds is 7. The first-order chi connectivity index (χ1) is 15.9. The fraction of sp³-hybridized carbons (Fsp3) is 0.125. The summed E-state index contributed by atoms with van der Waals surface area (Å²) in [5.74, 6) is 0.272. The minimum Gasteiger partial charge on any atom is -0.496 e. The van der Waals surface area contributed by atoms with Crippen LogP contribution < -0.4 is 20.1 Å². The van der Waals surface area contributed by atoms with Gasteiger partial charge in [0.2, 0.25) is 5.91 Å². The van der Waals surface area contributed by atoms with Crippen LogP contribution in [-0.2, 0) is 11.3 Å². The van der Waals surface area contributed by atoms with E-state index in [1.165, 1.54) is 36.3 Å². The molecule has 0 spiro atoms. The van der Waals surface area contributed by atoms with Crippen molar-refractivity contribution in [2.75, 3.05) is 19.0 Å². The Hall–Kier alpha value is -4.40. The Kier molecular flexibility index (Phi) is 6.21. The number of imide groups is 1. The fourth-order valence-corrected chi connectivity index (χ4v) is 3.31. The van der Waals surface area contributed by atoms with E-state index < -0.39 is 11.9 Å². The van der Waals surface area contributed by atoms with Gasteiger partial charge < -0.3 is 19.7 Å². The van der Waals surface area contributed by atoms with Crippen molar-refractivity contribution in [3.05, 3.63) is 83.7 Å². The van der Waals surface area contributed by atoms with E-state index in [4.69, 9.17) is 9.47 Å². The highest BCUT2D eigenvalue weighted by Gasteiger charge is 2.27. The predicted octanol–water partition coefficient (Wildman–Crippen LogP) is 3.93. The molecule has 1 aliphatic rings. The van der Waals surface area contributed by atoms with Crippen molar-refractivity contribution >= 4 is 23.5 Å². The number of ether oxygens (including phenoxy) is 2. The molecule has 1 aliphatic heterocycles. The molecule has 3 aromatic carbocycles. The molecule has 1 fully saturated rings. The number of amides is 4.